The van der Waals surface area contributed by atoms with Gasteiger partial charge in [0, 0.05) is 0 Å². The maximum absolute atomic E-state index is 13.2. The van der Waals surface area contributed by atoms with E-state index < -0.39 is 56.6 Å². The minimum absolute atomic E-state index is 0.128. The lowest BCUT2D eigenvalue weighted by Crippen LogP contribution is -2.56. The minimum Gasteiger partial charge on any atom is -0.478 e. The Balaban J connectivity index is 2.24. The summed E-state index contributed by atoms with van der Waals surface area (Å²) in [4.78, 5) is 29.5. The van der Waals surface area contributed by atoms with E-state index in [2.05, 4.69) is 14.7 Å². The van der Waals surface area contributed by atoms with E-state index in [0.717, 1.165) is 19.2 Å². The molecule has 1 heterocycles. The molecule has 11 nitrogen and oxygen atoms in total. The number of amidine groups is 2. The zero-order valence-corrected chi connectivity index (χ0v) is 15.4. The number of amides is 2. The number of alkyl halides is 2. The fourth-order valence-electron chi connectivity index (χ4n) is 2.08. The predicted octanol–water partition coefficient (Wildman–Crippen LogP) is 0.792. The normalized spacial score (nSPS) is 16.9. The van der Waals surface area contributed by atoms with Crippen molar-refractivity contribution in [2.45, 2.75) is 17.7 Å². The number of carboxylic acids is 1. The van der Waals surface area contributed by atoms with Gasteiger partial charge in [0.2, 0.25) is 11.6 Å². The average molecular weight is 440 g/mol. The van der Waals surface area contributed by atoms with Gasteiger partial charge < -0.3 is 9.84 Å². The van der Waals surface area contributed by atoms with Crippen LogP contribution in [0.1, 0.15) is 10.4 Å². The second-order valence-electron chi connectivity index (χ2n) is 4.94. The third kappa shape index (κ3) is 4.64. The molecule has 1 aliphatic heterocycles. The molecular formula is C13H12ClF2N5O6S. The third-order valence-electron chi connectivity index (χ3n) is 3.19. The number of hydrogen-bond donors (Lipinski definition) is 3. The smallest absolute Gasteiger partial charge is 0.337 e. The summed E-state index contributed by atoms with van der Waals surface area (Å²) in [5.41, 5.74) is -0.593. The van der Waals surface area contributed by atoms with Crippen molar-refractivity contribution in [3.05, 3.63) is 29.8 Å². The van der Waals surface area contributed by atoms with Gasteiger partial charge in [-0.3, -0.25) is 5.32 Å². The number of ether oxygens (including phenoxy) is 1. The minimum atomic E-state index is -4.65. The van der Waals surface area contributed by atoms with Gasteiger partial charge in [0.1, 0.15) is 4.90 Å². The highest BCUT2D eigenvalue weighted by molar-refractivity contribution is 7.90. The first-order valence-electron chi connectivity index (χ1n) is 7.15. The number of carboxylic acid groups (broad SMARTS) is 1. The summed E-state index contributed by atoms with van der Waals surface area (Å²) < 4.78 is 57.2. The highest BCUT2D eigenvalue weighted by Gasteiger charge is 2.35. The predicted molar refractivity (Wildman–Crippen MR) is 91.6 cm³/mol. The van der Waals surface area contributed by atoms with Gasteiger partial charge in [-0.25, -0.2) is 32.6 Å². The molecule has 28 heavy (non-hydrogen) atoms. The van der Waals surface area contributed by atoms with Gasteiger partial charge >= 0.3 is 24.6 Å². The molecule has 1 unspecified atom stereocenters. The first-order valence-corrected chi connectivity index (χ1v) is 9.01. The molecule has 0 aromatic heterocycles. The number of carbonyl (C=O) groups excluding carboxylic acids is 1. The van der Waals surface area contributed by atoms with Crippen molar-refractivity contribution < 1.29 is 36.6 Å². The van der Waals surface area contributed by atoms with Crippen molar-refractivity contribution >= 4 is 44.9 Å². The molecule has 1 atom stereocenters. The Bertz CT molecular complexity index is 954. The van der Waals surface area contributed by atoms with Crippen LogP contribution < -0.4 is 10.0 Å². The number of carbonyl (C=O) groups is 2. The van der Waals surface area contributed by atoms with Gasteiger partial charge in [0.05, 0.1) is 12.7 Å². The number of benzene rings is 1. The van der Waals surface area contributed by atoms with Gasteiger partial charge in [-0.15, -0.1) is 0 Å². The van der Waals surface area contributed by atoms with Crippen LogP contribution in [0.4, 0.5) is 13.6 Å². The largest absolute Gasteiger partial charge is 0.478 e. The fourth-order valence-corrected chi connectivity index (χ4v) is 3.36. The number of urea groups is 1. The molecule has 2 amide bonds. The van der Waals surface area contributed by atoms with E-state index in [4.69, 9.17) is 16.7 Å². The van der Waals surface area contributed by atoms with Crippen LogP contribution in [-0.4, -0.2) is 61.7 Å². The third-order valence-corrected chi connectivity index (χ3v) is 4.76. The lowest BCUT2D eigenvalue weighted by molar-refractivity contribution is -0.0220. The standard InChI is InChI=1S/C13H12ClF2N5O6S/c1-27-13-18-9(14)17-11(21(13)10(15)16)19-12(24)20-28(25,26)7-5-3-2-4-6(7)8(22)23/h2-5,10-11H,1H3,(H,22,23)(H2,19,20,24). The maximum Gasteiger partial charge on any atom is 0.337 e. The summed E-state index contributed by atoms with van der Waals surface area (Å²) in [5.74, 6) is -1.55. The quantitative estimate of drug-likeness (QED) is 0.574. The lowest BCUT2D eigenvalue weighted by Gasteiger charge is -2.31. The Morgan fingerprint density at radius 2 is 2.00 bits per heavy atom. The van der Waals surface area contributed by atoms with E-state index >= 15 is 0 Å². The molecule has 1 aromatic rings. The molecule has 152 valence electrons. The average Bonchev–Trinajstić information content (AvgIpc) is 2.60. The molecule has 1 aliphatic rings. The zero-order valence-electron chi connectivity index (χ0n) is 13.8. The van der Waals surface area contributed by atoms with Gasteiger partial charge in [-0.2, -0.15) is 13.8 Å². The number of methoxy groups -OCH3 is 1. The molecule has 0 saturated heterocycles. The zero-order chi connectivity index (χ0) is 21.1. The highest BCUT2D eigenvalue weighted by Crippen LogP contribution is 2.17. The number of hydrogen-bond acceptors (Lipinski definition) is 8. The number of aliphatic imine (C=N–C) groups is 2. The van der Waals surface area contributed by atoms with Crippen molar-refractivity contribution in [2.24, 2.45) is 9.98 Å². The van der Waals surface area contributed by atoms with Gasteiger partial charge in [0.25, 0.3) is 10.0 Å². The number of halogens is 3. The van der Waals surface area contributed by atoms with Crippen LogP contribution in [0.2, 0.25) is 0 Å². The van der Waals surface area contributed by atoms with E-state index in [1.165, 1.54) is 16.9 Å². The maximum atomic E-state index is 13.2. The van der Waals surface area contributed by atoms with Crippen LogP contribution in [0.3, 0.4) is 0 Å². The first kappa shape index (κ1) is 21.3. The first-order chi connectivity index (χ1) is 13.1. The van der Waals surface area contributed by atoms with Crippen LogP contribution in [-0.2, 0) is 14.8 Å². The van der Waals surface area contributed by atoms with Crippen molar-refractivity contribution in [1.82, 2.24) is 14.9 Å². The van der Waals surface area contributed by atoms with Crippen LogP contribution in [0.15, 0.2) is 39.1 Å². The summed E-state index contributed by atoms with van der Waals surface area (Å²) in [6.45, 7) is -3.23. The molecule has 0 aliphatic carbocycles. The summed E-state index contributed by atoms with van der Waals surface area (Å²) in [5, 5.41) is 10.4. The summed E-state index contributed by atoms with van der Waals surface area (Å²) in [7, 11) is -3.63. The lowest BCUT2D eigenvalue weighted by atomic mass is 10.2. The summed E-state index contributed by atoms with van der Waals surface area (Å²) in [6, 6.07) is 2.35. The van der Waals surface area contributed by atoms with Gasteiger partial charge in [-0.1, -0.05) is 12.1 Å². The van der Waals surface area contributed by atoms with Gasteiger partial charge in [0.15, 0.2) is 0 Å². The Kier molecular flexibility index (Phi) is 6.35. The number of rotatable bonds is 5. The molecule has 2 rings (SSSR count). The summed E-state index contributed by atoms with van der Waals surface area (Å²) >= 11 is 5.58. The van der Waals surface area contributed by atoms with E-state index in [9.17, 15) is 26.8 Å². The van der Waals surface area contributed by atoms with E-state index in [1.54, 1.807) is 0 Å². The number of sulfonamides is 1. The molecule has 0 saturated carbocycles. The molecule has 0 fully saturated rings. The monoisotopic (exact) mass is 439 g/mol. The summed E-state index contributed by atoms with van der Waals surface area (Å²) in [6.07, 6.45) is -1.84. The van der Waals surface area contributed by atoms with Crippen molar-refractivity contribution in [3.63, 3.8) is 0 Å². The van der Waals surface area contributed by atoms with Crippen molar-refractivity contribution in [3.8, 4) is 0 Å². The van der Waals surface area contributed by atoms with Gasteiger partial charge in [-0.05, 0) is 23.7 Å². The SMILES string of the molecule is COC1=NC(Cl)=NC(NC(=O)NS(=O)(=O)c2ccccc2C(=O)O)N1C(F)F. The van der Waals surface area contributed by atoms with E-state index in [1.807, 2.05) is 5.32 Å². The van der Waals surface area contributed by atoms with Crippen LogP contribution in [0.25, 0.3) is 0 Å². The Morgan fingerprint density at radius 3 is 2.57 bits per heavy atom. The topological polar surface area (TPSA) is 150 Å². The fraction of sp³-hybridized carbons (Fsp3) is 0.231. The number of aromatic carboxylic acids is 1. The van der Waals surface area contributed by atoms with Crippen LogP contribution >= 0.6 is 11.6 Å². The molecule has 0 radical (unpaired) electrons. The molecule has 3 N–H and O–H groups in total. The molecule has 15 heteroatoms. The Labute approximate surface area is 161 Å². The van der Waals surface area contributed by atoms with E-state index in [0.29, 0.717) is 0 Å². The van der Waals surface area contributed by atoms with Crippen molar-refractivity contribution in [1.29, 1.82) is 0 Å². The van der Waals surface area contributed by atoms with Crippen LogP contribution in [0.5, 0.6) is 0 Å². The van der Waals surface area contributed by atoms with Crippen molar-refractivity contribution in [2.75, 3.05) is 7.11 Å². The Hall–Kier alpha value is -3.00. The molecule has 0 spiro atoms. The van der Waals surface area contributed by atoms with Crippen LogP contribution in [0, 0.1) is 0 Å². The Morgan fingerprint density at radius 1 is 1.36 bits per heavy atom. The number of nitrogens with one attached hydrogen (secondary N) is 2. The molecular weight excluding hydrogens is 428 g/mol. The second kappa shape index (κ2) is 8.35. The van der Waals surface area contributed by atoms with E-state index in [-0.39, 0.29) is 4.90 Å². The molecule has 0 bridgehead atoms. The molecule has 1 aromatic carbocycles. The second-order valence-corrected chi connectivity index (χ2v) is 6.92. The number of nitrogens with zero attached hydrogens (tertiary/aromatic N) is 3. The highest BCUT2D eigenvalue weighted by atomic mass is 35.5.